The van der Waals surface area contributed by atoms with Gasteiger partial charge in [0, 0.05) is 17.0 Å². The first-order chi connectivity index (χ1) is 16.0. The number of benzene rings is 3. The molecule has 0 fully saturated rings. The van der Waals surface area contributed by atoms with Crippen molar-refractivity contribution in [2.75, 3.05) is 0 Å². The van der Waals surface area contributed by atoms with Gasteiger partial charge in [-0.05, 0) is 52.9 Å². The Morgan fingerprint density at radius 2 is 1.79 bits per heavy atom. The molecule has 0 saturated carbocycles. The van der Waals surface area contributed by atoms with Crippen molar-refractivity contribution in [3.63, 3.8) is 0 Å². The zero-order valence-electron chi connectivity index (χ0n) is 18.2. The van der Waals surface area contributed by atoms with E-state index in [2.05, 4.69) is 11.1 Å². The standard InChI is InChI=1S/C27H24FNO3S/c1-18-17-33-27(29-18)25(14-26(30)31)22-9-11-24(12-10-22)32-16-20-3-2-4-23(13-20)21-7-5-19(15-28)6-8-21/h2-13,17,25H,14-16H2,1H3,(H,30,31). The van der Waals surface area contributed by atoms with Crippen molar-refractivity contribution in [3.05, 3.63) is 106 Å². The molecule has 0 aliphatic heterocycles. The number of aryl methyl sites for hydroxylation is 1. The van der Waals surface area contributed by atoms with Crippen LogP contribution in [0.3, 0.4) is 0 Å². The SMILES string of the molecule is Cc1csc(C(CC(=O)O)c2ccc(OCc3cccc(-c4ccc(CF)cc4)c3)cc2)n1. The lowest BCUT2D eigenvalue weighted by atomic mass is 9.96. The minimum Gasteiger partial charge on any atom is -0.489 e. The van der Waals surface area contributed by atoms with Crippen molar-refractivity contribution >= 4 is 17.3 Å². The monoisotopic (exact) mass is 461 g/mol. The number of carbonyl (C=O) groups is 1. The van der Waals surface area contributed by atoms with Crippen LogP contribution >= 0.6 is 11.3 Å². The van der Waals surface area contributed by atoms with E-state index in [-0.39, 0.29) is 12.3 Å². The molecule has 1 heterocycles. The molecule has 1 unspecified atom stereocenters. The number of aliphatic carboxylic acids is 1. The summed E-state index contributed by atoms with van der Waals surface area (Å²) in [6.45, 7) is 1.84. The molecular weight excluding hydrogens is 437 g/mol. The van der Waals surface area contributed by atoms with Crippen LogP contribution in [0.5, 0.6) is 5.75 Å². The summed E-state index contributed by atoms with van der Waals surface area (Å²) in [6.07, 6.45) is -0.00768. The highest BCUT2D eigenvalue weighted by Gasteiger charge is 2.21. The molecule has 1 aromatic heterocycles. The van der Waals surface area contributed by atoms with E-state index in [9.17, 15) is 14.3 Å². The number of hydrogen-bond donors (Lipinski definition) is 1. The van der Waals surface area contributed by atoms with Crippen LogP contribution < -0.4 is 4.74 Å². The zero-order chi connectivity index (χ0) is 23.2. The number of rotatable bonds is 9. The average Bonchev–Trinajstić information content (AvgIpc) is 3.27. The summed E-state index contributed by atoms with van der Waals surface area (Å²) in [4.78, 5) is 15.9. The largest absolute Gasteiger partial charge is 0.489 e. The smallest absolute Gasteiger partial charge is 0.304 e. The van der Waals surface area contributed by atoms with Gasteiger partial charge in [-0.15, -0.1) is 11.3 Å². The number of hydrogen-bond acceptors (Lipinski definition) is 4. The fourth-order valence-electron chi connectivity index (χ4n) is 3.64. The van der Waals surface area contributed by atoms with E-state index < -0.39 is 12.6 Å². The summed E-state index contributed by atoms with van der Waals surface area (Å²) in [5.41, 5.74) is 5.56. The normalized spacial score (nSPS) is 11.8. The predicted molar refractivity (Wildman–Crippen MR) is 128 cm³/mol. The molecule has 4 nitrogen and oxygen atoms in total. The Morgan fingerprint density at radius 1 is 1.03 bits per heavy atom. The molecule has 4 rings (SSSR count). The van der Waals surface area contributed by atoms with Gasteiger partial charge in [0.05, 0.1) is 6.42 Å². The molecule has 0 radical (unpaired) electrons. The van der Waals surface area contributed by atoms with E-state index >= 15 is 0 Å². The van der Waals surface area contributed by atoms with Crippen LogP contribution in [0.1, 0.15) is 39.7 Å². The number of nitrogens with zero attached hydrogens (tertiary/aromatic N) is 1. The summed E-state index contributed by atoms with van der Waals surface area (Å²) >= 11 is 1.48. The average molecular weight is 462 g/mol. The van der Waals surface area contributed by atoms with Crippen molar-refractivity contribution in [1.29, 1.82) is 0 Å². The van der Waals surface area contributed by atoms with Gasteiger partial charge in [0.15, 0.2) is 0 Å². The number of thiazole rings is 1. The van der Waals surface area contributed by atoms with Gasteiger partial charge >= 0.3 is 5.97 Å². The minimum absolute atomic E-state index is 0.00768. The Morgan fingerprint density at radius 3 is 2.42 bits per heavy atom. The first-order valence-electron chi connectivity index (χ1n) is 10.6. The predicted octanol–water partition coefficient (Wildman–Crippen LogP) is 6.77. The van der Waals surface area contributed by atoms with Crippen LogP contribution in [-0.4, -0.2) is 16.1 Å². The maximum Gasteiger partial charge on any atom is 0.304 e. The van der Waals surface area contributed by atoms with Gasteiger partial charge in [0.25, 0.3) is 0 Å². The lowest BCUT2D eigenvalue weighted by molar-refractivity contribution is -0.137. The third kappa shape index (κ3) is 5.84. The third-order valence-corrected chi connectivity index (χ3v) is 6.45. The second-order valence-corrected chi connectivity index (χ2v) is 8.76. The number of carboxylic acid groups (broad SMARTS) is 1. The van der Waals surface area contributed by atoms with Gasteiger partial charge < -0.3 is 9.84 Å². The summed E-state index contributed by atoms with van der Waals surface area (Å²) in [6, 6.07) is 23.0. The zero-order valence-corrected chi connectivity index (χ0v) is 19.0. The lowest BCUT2D eigenvalue weighted by Crippen LogP contribution is -2.08. The van der Waals surface area contributed by atoms with E-state index in [0.717, 1.165) is 33.0 Å². The van der Waals surface area contributed by atoms with Crippen LogP contribution in [0.15, 0.2) is 78.2 Å². The van der Waals surface area contributed by atoms with Crippen molar-refractivity contribution < 1.29 is 19.0 Å². The van der Waals surface area contributed by atoms with Gasteiger partial charge in [0.1, 0.15) is 24.0 Å². The van der Waals surface area contributed by atoms with Crippen molar-refractivity contribution in [3.8, 4) is 16.9 Å². The third-order valence-electron chi connectivity index (χ3n) is 5.37. The number of alkyl halides is 1. The van der Waals surface area contributed by atoms with Crippen LogP contribution in [0.25, 0.3) is 11.1 Å². The Kier molecular flexibility index (Phi) is 7.15. The molecule has 1 atom stereocenters. The summed E-state index contributed by atoms with van der Waals surface area (Å²) in [7, 11) is 0. The molecule has 0 bridgehead atoms. The van der Waals surface area contributed by atoms with Crippen LogP contribution in [0.2, 0.25) is 0 Å². The molecule has 4 aromatic rings. The van der Waals surface area contributed by atoms with E-state index in [1.54, 1.807) is 12.1 Å². The van der Waals surface area contributed by atoms with Gasteiger partial charge in [-0.2, -0.15) is 0 Å². The summed E-state index contributed by atoms with van der Waals surface area (Å²) in [5.74, 6) is -0.427. The first-order valence-corrected chi connectivity index (χ1v) is 11.5. The van der Waals surface area contributed by atoms with E-state index in [0.29, 0.717) is 17.9 Å². The first kappa shape index (κ1) is 22.7. The second kappa shape index (κ2) is 10.4. The lowest BCUT2D eigenvalue weighted by Gasteiger charge is -2.14. The highest BCUT2D eigenvalue weighted by Crippen LogP contribution is 2.31. The minimum atomic E-state index is -0.854. The number of aromatic nitrogens is 1. The van der Waals surface area contributed by atoms with Gasteiger partial charge in [0.2, 0.25) is 0 Å². The van der Waals surface area contributed by atoms with Crippen LogP contribution in [0.4, 0.5) is 4.39 Å². The fraction of sp³-hybridized carbons (Fsp3) is 0.185. The topological polar surface area (TPSA) is 59.4 Å². The molecule has 0 saturated heterocycles. The maximum absolute atomic E-state index is 12.8. The van der Waals surface area contributed by atoms with Gasteiger partial charge in [-0.1, -0.05) is 54.6 Å². The molecular formula is C27H24FNO3S. The Balaban J connectivity index is 1.44. The Labute approximate surface area is 196 Å². The van der Waals surface area contributed by atoms with Crippen molar-refractivity contribution in [1.82, 2.24) is 4.98 Å². The molecule has 168 valence electrons. The molecule has 0 spiro atoms. The van der Waals surface area contributed by atoms with Crippen LogP contribution in [0, 0.1) is 6.92 Å². The van der Waals surface area contributed by atoms with Gasteiger partial charge in [-0.25, -0.2) is 9.37 Å². The molecule has 0 aliphatic carbocycles. The summed E-state index contributed by atoms with van der Waals surface area (Å²) < 4.78 is 18.7. The highest BCUT2D eigenvalue weighted by molar-refractivity contribution is 7.09. The number of halogens is 1. The molecule has 33 heavy (non-hydrogen) atoms. The van der Waals surface area contributed by atoms with Crippen molar-refractivity contribution in [2.45, 2.75) is 32.5 Å². The molecule has 3 aromatic carbocycles. The molecule has 6 heteroatoms. The van der Waals surface area contributed by atoms with Crippen molar-refractivity contribution in [2.24, 2.45) is 0 Å². The molecule has 0 aliphatic rings. The fourth-order valence-corrected chi connectivity index (χ4v) is 4.57. The Hall–Kier alpha value is -3.51. The molecule has 1 N–H and O–H groups in total. The number of carboxylic acids is 1. The van der Waals surface area contributed by atoms with E-state index in [1.807, 2.05) is 66.9 Å². The van der Waals surface area contributed by atoms with Gasteiger partial charge in [-0.3, -0.25) is 4.79 Å². The summed E-state index contributed by atoms with van der Waals surface area (Å²) in [5, 5.41) is 12.1. The Bertz CT molecular complexity index is 1220. The van der Waals surface area contributed by atoms with E-state index in [4.69, 9.17) is 4.74 Å². The maximum atomic E-state index is 12.8. The molecule has 0 amide bonds. The quantitative estimate of drug-likeness (QED) is 0.299. The second-order valence-electron chi connectivity index (χ2n) is 7.87. The highest BCUT2D eigenvalue weighted by atomic mass is 32.1. The van der Waals surface area contributed by atoms with Crippen LogP contribution in [-0.2, 0) is 18.1 Å². The van der Waals surface area contributed by atoms with E-state index in [1.165, 1.54) is 11.3 Å². The number of ether oxygens (including phenoxy) is 1.